The quantitative estimate of drug-likeness (QED) is 0.495. The number of carbonyl (C=O) groups is 2. The van der Waals surface area contributed by atoms with Crippen LogP contribution < -0.4 is 5.32 Å². The molecular weight excluding hydrogens is 334 g/mol. The fourth-order valence-corrected chi connectivity index (χ4v) is 2.63. The molecule has 0 aromatic heterocycles. The van der Waals surface area contributed by atoms with Crippen molar-refractivity contribution in [3.05, 3.63) is 65.7 Å². The van der Waals surface area contributed by atoms with Crippen LogP contribution in [0, 0.1) is 6.92 Å². The molecule has 0 spiro atoms. The number of amides is 1. The molecular formula is C20H17NO5. The predicted octanol–water partition coefficient (Wildman–Crippen LogP) is 3.35. The molecule has 0 aliphatic rings. The minimum absolute atomic E-state index is 0.158. The molecule has 3 aromatic carbocycles. The number of fused-ring (bicyclic) bond motifs is 1. The highest BCUT2D eigenvalue weighted by Crippen LogP contribution is 2.35. The molecule has 0 heterocycles. The van der Waals surface area contributed by atoms with E-state index in [-0.39, 0.29) is 17.1 Å². The second-order valence-electron chi connectivity index (χ2n) is 5.83. The second kappa shape index (κ2) is 7.14. The molecule has 26 heavy (non-hydrogen) atoms. The van der Waals surface area contributed by atoms with E-state index < -0.39 is 18.5 Å². The van der Waals surface area contributed by atoms with E-state index in [0.717, 1.165) is 11.6 Å². The normalized spacial score (nSPS) is 10.5. The lowest BCUT2D eigenvalue weighted by atomic mass is 10.0. The number of aromatic hydroxyl groups is 2. The van der Waals surface area contributed by atoms with Crippen LogP contribution in [0.15, 0.2) is 54.6 Å². The first kappa shape index (κ1) is 17.3. The van der Waals surface area contributed by atoms with Crippen LogP contribution in [-0.4, -0.2) is 28.7 Å². The van der Waals surface area contributed by atoms with E-state index in [9.17, 15) is 19.8 Å². The number of rotatable bonds is 4. The Labute approximate surface area is 149 Å². The molecule has 0 atom stereocenters. The van der Waals surface area contributed by atoms with Crippen LogP contribution >= 0.6 is 0 Å². The predicted molar refractivity (Wildman–Crippen MR) is 97.4 cm³/mol. The number of ether oxygens (including phenoxy) is 1. The number of phenolic OH excluding ortho intramolecular Hbond substituents is 2. The van der Waals surface area contributed by atoms with E-state index in [2.05, 4.69) is 5.32 Å². The minimum Gasteiger partial charge on any atom is -0.507 e. The van der Waals surface area contributed by atoms with Gasteiger partial charge in [0.25, 0.3) is 5.91 Å². The second-order valence-corrected chi connectivity index (χ2v) is 5.83. The van der Waals surface area contributed by atoms with Crippen LogP contribution in [0.1, 0.15) is 15.9 Å². The maximum atomic E-state index is 12.2. The van der Waals surface area contributed by atoms with Crippen molar-refractivity contribution >= 4 is 28.3 Å². The monoisotopic (exact) mass is 351 g/mol. The zero-order valence-corrected chi connectivity index (χ0v) is 14.0. The smallest absolute Gasteiger partial charge is 0.342 e. The van der Waals surface area contributed by atoms with Crippen LogP contribution in [0.5, 0.6) is 11.5 Å². The molecule has 3 N–H and O–H groups in total. The zero-order valence-electron chi connectivity index (χ0n) is 14.0. The van der Waals surface area contributed by atoms with Gasteiger partial charge in [-0.3, -0.25) is 4.79 Å². The molecule has 0 fully saturated rings. The van der Waals surface area contributed by atoms with Crippen LogP contribution in [0.3, 0.4) is 0 Å². The maximum absolute atomic E-state index is 12.2. The molecule has 0 saturated heterocycles. The number of aryl methyl sites for hydroxylation is 1. The maximum Gasteiger partial charge on any atom is 0.342 e. The average Bonchev–Trinajstić information content (AvgIpc) is 2.63. The van der Waals surface area contributed by atoms with Crippen LogP contribution in [-0.2, 0) is 9.53 Å². The number of esters is 1. The van der Waals surface area contributed by atoms with Gasteiger partial charge in [-0.05, 0) is 30.7 Å². The number of benzene rings is 3. The van der Waals surface area contributed by atoms with Crippen LogP contribution in [0.2, 0.25) is 0 Å². The van der Waals surface area contributed by atoms with Gasteiger partial charge in [0.1, 0.15) is 17.1 Å². The third kappa shape index (κ3) is 3.59. The van der Waals surface area contributed by atoms with Crippen molar-refractivity contribution in [3.63, 3.8) is 0 Å². The SMILES string of the molecule is Cc1cccc(NC(=O)COC(=O)c2cc(O)c3ccccc3c2O)c1. The zero-order chi connectivity index (χ0) is 18.7. The number of carbonyl (C=O) groups excluding carboxylic acids is 2. The Kier molecular flexibility index (Phi) is 4.75. The lowest BCUT2D eigenvalue weighted by Crippen LogP contribution is -2.21. The summed E-state index contributed by atoms with van der Waals surface area (Å²) in [6.45, 7) is 1.38. The van der Waals surface area contributed by atoms with Gasteiger partial charge in [0.05, 0.1) is 0 Å². The highest BCUT2D eigenvalue weighted by atomic mass is 16.5. The van der Waals surface area contributed by atoms with E-state index in [1.807, 2.05) is 13.0 Å². The van der Waals surface area contributed by atoms with Gasteiger partial charge in [-0.15, -0.1) is 0 Å². The summed E-state index contributed by atoms with van der Waals surface area (Å²) < 4.78 is 4.95. The Hall–Kier alpha value is -3.54. The molecule has 6 nitrogen and oxygen atoms in total. The molecule has 0 radical (unpaired) electrons. The molecule has 0 aliphatic heterocycles. The Morgan fingerprint density at radius 2 is 1.73 bits per heavy atom. The van der Waals surface area contributed by atoms with E-state index in [1.54, 1.807) is 42.5 Å². The molecule has 1 amide bonds. The van der Waals surface area contributed by atoms with E-state index in [0.29, 0.717) is 16.5 Å². The van der Waals surface area contributed by atoms with E-state index >= 15 is 0 Å². The lowest BCUT2D eigenvalue weighted by Gasteiger charge is -2.10. The highest BCUT2D eigenvalue weighted by molar-refractivity contribution is 6.04. The van der Waals surface area contributed by atoms with Crippen molar-refractivity contribution in [2.24, 2.45) is 0 Å². The van der Waals surface area contributed by atoms with Gasteiger partial charge in [-0.2, -0.15) is 0 Å². The summed E-state index contributed by atoms with van der Waals surface area (Å²) >= 11 is 0. The van der Waals surface area contributed by atoms with Gasteiger partial charge in [0.15, 0.2) is 6.61 Å². The van der Waals surface area contributed by atoms with Crippen molar-refractivity contribution < 1.29 is 24.5 Å². The van der Waals surface area contributed by atoms with Crippen molar-refractivity contribution in [2.75, 3.05) is 11.9 Å². The molecule has 132 valence electrons. The van der Waals surface area contributed by atoms with Gasteiger partial charge in [-0.25, -0.2) is 4.79 Å². The molecule has 6 heteroatoms. The number of hydrogen-bond donors (Lipinski definition) is 3. The van der Waals surface area contributed by atoms with E-state index in [1.165, 1.54) is 0 Å². The van der Waals surface area contributed by atoms with Crippen molar-refractivity contribution in [1.29, 1.82) is 0 Å². The fraction of sp³-hybridized carbons (Fsp3) is 0.100. The Bertz CT molecular complexity index is 997. The Morgan fingerprint density at radius 1 is 1.00 bits per heavy atom. The first-order valence-electron chi connectivity index (χ1n) is 7.93. The summed E-state index contributed by atoms with van der Waals surface area (Å²) in [5.41, 5.74) is 1.37. The molecule has 0 saturated carbocycles. The minimum atomic E-state index is -0.900. The van der Waals surface area contributed by atoms with Crippen molar-refractivity contribution in [2.45, 2.75) is 6.92 Å². The number of phenols is 2. The standard InChI is InChI=1S/C20H17NO5/c1-12-5-4-6-13(9-12)21-18(23)11-26-20(25)16-10-17(22)14-7-2-3-8-15(14)19(16)24/h2-10,22,24H,11H2,1H3,(H,21,23). The summed E-state index contributed by atoms with van der Waals surface area (Å²) in [4.78, 5) is 24.1. The summed E-state index contributed by atoms with van der Waals surface area (Å²) in [5, 5.41) is 23.6. The average molecular weight is 351 g/mol. The summed E-state index contributed by atoms with van der Waals surface area (Å²) in [5.74, 6) is -1.87. The first-order chi connectivity index (χ1) is 12.5. The number of hydrogen-bond acceptors (Lipinski definition) is 5. The largest absolute Gasteiger partial charge is 0.507 e. The van der Waals surface area contributed by atoms with Crippen molar-refractivity contribution in [3.8, 4) is 11.5 Å². The van der Waals surface area contributed by atoms with Gasteiger partial charge in [-0.1, -0.05) is 36.4 Å². The molecule has 0 unspecified atom stereocenters. The topological polar surface area (TPSA) is 95.9 Å². The highest BCUT2D eigenvalue weighted by Gasteiger charge is 2.19. The van der Waals surface area contributed by atoms with Gasteiger partial charge in [0.2, 0.25) is 0 Å². The Balaban J connectivity index is 1.71. The molecule has 3 aromatic rings. The lowest BCUT2D eigenvalue weighted by molar-refractivity contribution is -0.119. The van der Waals surface area contributed by atoms with Gasteiger partial charge in [0, 0.05) is 16.5 Å². The fourth-order valence-electron chi connectivity index (χ4n) is 2.63. The summed E-state index contributed by atoms with van der Waals surface area (Å²) in [7, 11) is 0. The number of nitrogens with one attached hydrogen (secondary N) is 1. The van der Waals surface area contributed by atoms with Crippen LogP contribution in [0.4, 0.5) is 5.69 Å². The first-order valence-corrected chi connectivity index (χ1v) is 7.93. The van der Waals surface area contributed by atoms with Gasteiger partial charge < -0.3 is 20.3 Å². The van der Waals surface area contributed by atoms with E-state index in [4.69, 9.17) is 4.74 Å². The molecule has 3 rings (SSSR count). The summed E-state index contributed by atoms with van der Waals surface area (Å²) in [6.07, 6.45) is 0. The third-order valence-corrected chi connectivity index (χ3v) is 3.85. The van der Waals surface area contributed by atoms with Crippen molar-refractivity contribution in [1.82, 2.24) is 0 Å². The third-order valence-electron chi connectivity index (χ3n) is 3.85. The summed E-state index contributed by atoms with van der Waals surface area (Å²) in [6, 6.07) is 14.9. The van der Waals surface area contributed by atoms with Crippen LogP contribution in [0.25, 0.3) is 10.8 Å². The Morgan fingerprint density at radius 3 is 2.46 bits per heavy atom. The molecule has 0 bridgehead atoms. The van der Waals surface area contributed by atoms with Gasteiger partial charge >= 0.3 is 5.97 Å². The number of anilines is 1. The molecule has 0 aliphatic carbocycles.